The summed E-state index contributed by atoms with van der Waals surface area (Å²) in [4.78, 5) is 39.3. The van der Waals surface area contributed by atoms with Crippen LogP contribution >= 0.6 is 0 Å². The van der Waals surface area contributed by atoms with Crippen LogP contribution in [0.3, 0.4) is 0 Å². The zero-order valence-corrected chi connectivity index (χ0v) is 15.5. The van der Waals surface area contributed by atoms with Crippen LogP contribution in [0.15, 0.2) is 36.4 Å². The average Bonchev–Trinajstić information content (AvgIpc) is 3.02. The Bertz CT molecular complexity index is 682. The number of carbonyl (C=O) groups excluding carboxylic acids is 3. The van der Waals surface area contributed by atoms with Gasteiger partial charge in [-0.3, -0.25) is 9.59 Å². The van der Waals surface area contributed by atoms with Gasteiger partial charge in [0.25, 0.3) is 5.91 Å². The van der Waals surface area contributed by atoms with Gasteiger partial charge >= 0.3 is 5.97 Å². The first-order valence-electron chi connectivity index (χ1n) is 8.86. The number of hydrogen-bond acceptors (Lipinski definition) is 4. The zero-order valence-electron chi connectivity index (χ0n) is 15.5. The Morgan fingerprint density at radius 2 is 1.96 bits per heavy atom. The largest absolute Gasteiger partial charge is 0.452 e. The molecular weight excluding hydrogens is 332 g/mol. The molecule has 0 aliphatic carbocycles. The second-order valence-electron chi connectivity index (χ2n) is 6.56. The number of rotatable bonds is 8. The molecule has 2 amide bonds. The van der Waals surface area contributed by atoms with Crippen molar-refractivity contribution in [2.75, 3.05) is 26.2 Å². The molecule has 0 bridgehead atoms. The molecule has 6 heteroatoms. The lowest BCUT2D eigenvalue weighted by molar-refractivity contribution is -0.134. The molecule has 1 aromatic carbocycles. The lowest BCUT2D eigenvalue weighted by atomic mass is 10.1. The van der Waals surface area contributed by atoms with Crippen molar-refractivity contribution < 1.29 is 19.1 Å². The molecule has 0 radical (unpaired) electrons. The molecule has 1 heterocycles. The summed E-state index contributed by atoms with van der Waals surface area (Å²) in [5.74, 6) is -0.608. The number of likely N-dealkylation sites (tertiary alicyclic amines) is 1. The van der Waals surface area contributed by atoms with Gasteiger partial charge in [-0.05, 0) is 38.0 Å². The van der Waals surface area contributed by atoms with Crippen LogP contribution in [0.2, 0.25) is 0 Å². The molecule has 1 aliphatic heterocycles. The summed E-state index contributed by atoms with van der Waals surface area (Å²) in [5, 5.41) is 0. The van der Waals surface area contributed by atoms with Crippen LogP contribution in [0.25, 0.3) is 0 Å². The molecular formula is C20H26N2O4. The highest BCUT2D eigenvalue weighted by Gasteiger charge is 2.20. The molecule has 26 heavy (non-hydrogen) atoms. The third kappa shape index (κ3) is 5.44. The summed E-state index contributed by atoms with van der Waals surface area (Å²) < 4.78 is 5.12. The molecule has 0 spiro atoms. The third-order valence-corrected chi connectivity index (χ3v) is 4.26. The Labute approximate surface area is 154 Å². The fourth-order valence-electron chi connectivity index (χ4n) is 2.84. The van der Waals surface area contributed by atoms with Gasteiger partial charge in [0.15, 0.2) is 6.61 Å². The van der Waals surface area contributed by atoms with Gasteiger partial charge in [-0.25, -0.2) is 4.79 Å². The van der Waals surface area contributed by atoms with E-state index in [1.54, 1.807) is 17.0 Å². The first-order valence-corrected chi connectivity index (χ1v) is 8.86. The first-order chi connectivity index (χ1) is 12.4. The summed E-state index contributed by atoms with van der Waals surface area (Å²) in [5.41, 5.74) is 2.22. The van der Waals surface area contributed by atoms with Crippen molar-refractivity contribution in [3.8, 4) is 0 Å². The van der Waals surface area contributed by atoms with Crippen molar-refractivity contribution in [2.45, 2.75) is 33.2 Å². The van der Waals surface area contributed by atoms with Crippen LogP contribution in [0.1, 0.15) is 42.6 Å². The Hall–Kier alpha value is -2.63. The summed E-state index contributed by atoms with van der Waals surface area (Å²) in [7, 11) is 0. The number of likely N-dealkylation sites (N-methyl/N-ethyl adjacent to an activating group) is 1. The van der Waals surface area contributed by atoms with Gasteiger partial charge in [-0.1, -0.05) is 24.3 Å². The van der Waals surface area contributed by atoms with E-state index in [0.29, 0.717) is 31.6 Å². The normalized spacial score (nSPS) is 13.6. The lowest BCUT2D eigenvalue weighted by Gasteiger charge is -2.20. The number of carbonyl (C=O) groups is 3. The molecule has 140 valence electrons. The zero-order chi connectivity index (χ0) is 19.1. The van der Waals surface area contributed by atoms with E-state index in [0.717, 1.165) is 24.1 Å². The summed E-state index contributed by atoms with van der Waals surface area (Å²) >= 11 is 0. The molecule has 6 nitrogen and oxygen atoms in total. The highest BCUT2D eigenvalue weighted by molar-refractivity contribution is 5.91. The fourth-order valence-corrected chi connectivity index (χ4v) is 2.84. The number of esters is 1. The predicted octanol–water partition coefficient (Wildman–Crippen LogP) is 2.39. The van der Waals surface area contributed by atoms with Crippen molar-refractivity contribution in [1.29, 1.82) is 0 Å². The molecule has 2 rings (SSSR count). The number of benzene rings is 1. The molecule has 0 saturated carbocycles. The maximum atomic E-state index is 12.1. The van der Waals surface area contributed by atoms with Gasteiger partial charge in [0.2, 0.25) is 5.91 Å². The summed E-state index contributed by atoms with van der Waals surface area (Å²) in [6, 6.07) is 6.94. The Balaban J connectivity index is 1.86. The van der Waals surface area contributed by atoms with Gasteiger partial charge in [-0.15, -0.1) is 0 Å². The molecule has 0 aromatic heterocycles. The van der Waals surface area contributed by atoms with E-state index >= 15 is 0 Å². The third-order valence-electron chi connectivity index (χ3n) is 4.26. The van der Waals surface area contributed by atoms with Gasteiger partial charge in [-0.2, -0.15) is 0 Å². The molecule has 1 aromatic rings. The van der Waals surface area contributed by atoms with Crippen LogP contribution in [0, 0.1) is 0 Å². The number of nitrogens with zero attached hydrogens (tertiary/aromatic N) is 2. The molecule has 0 N–H and O–H groups in total. The van der Waals surface area contributed by atoms with E-state index < -0.39 is 5.97 Å². The van der Waals surface area contributed by atoms with Gasteiger partial charge in [0.05, 0.1) is 5.56 Å². The molecule has 0 atom stereocenters. The topological polar surface area (TPSA) is 66.9 Å². The van der Waals surface area contributed by atoms with Crippen molar-refractivity contribution in [3.05, 3.63) is 47.5 Å². The standard InChI is InChI=1S/C20H26N2O4/c1-4-21(12-15(2)3)19(24)14-26-20(25)17-9-7-16(8-10-17)13-22-11-5-6-18(22)23/h7-10H,2,4-6,11-14H2,1,3H3. The maximum Gasteiger partial charge on any atom is 0.338 e. The van der Waals surface area contributed by atoms with E-state index in [1.807, 2.05) is 30.9 Å². The first kappa shape index (κ1) is 19.7. The van der Waals surface area contributed by atoms with Crippen molar-refractivity contribution in [3.63, 3.8) is 0 Å². The van der Waals surface area contributed by atoms with Crippen LogP contribution in [0.4, 0.5) is 0 Å². The second-order valence-corrected chi connectivity index (χ2v) is 6.56. The van der Waals surface area contributed by atoms with Crippen LogP contribution < -0.4 is 0 Å². The maximum absolute atomic E-state index is 12.1. The van der Waals surface area contributed by atoms with Gasteiger partial charge in [0, 0.05) is 32.6 Å². The summed E-state index contributed by atoms with van der Waals surface area (Å²) in [6.45, 7) is 9.54. The highest BCUT2D eigenvalue weighted by Crippen LogP contribution is 2.15. The molecule has 1 aliphatic rings. The van der Waals surface area contributed by atoms with Gasteiger partial charge in [0.1, 0.15) is 0 Å². The molecule has 1 saturated heterocycles. The van der Waals surface area contributed by atoms with E-state index in [9.17, 15) is 14.4 Å². The Morgan fingerprint density at radius 3 is 2.50 bits per heavy atom. The quantitative estimate of drug-likeness (QED) is 0.529. The molecule has 1 fully saturated rings. The smallest absolute Gasteiger partial charge is 0.338 e. The minimum Gasteiger partial charge on any atom is -0.452 e. The fraction of sp³-hybridized carbons (Fsp3) is 0.450. The monoisotopic (exact) mass is 358 g/mol. The summed E-state index contributed by atoms with van der Waals surface area (Å²) in [6.07, 6.45) is 1.51. The van der Waals surface area contributed by atoms with Crippen molar-refractivity contribution >= 4 is 17.8 Å². The van der Waals surface area contributed by atoms with Crippen LogP contribution in [-0.4, -0.2) is 53.8 Å². The van der Waals surface area contributed by atoms with E-state index in [4.69, 9.17) is 4.74 Å². The van der Waals surface area contributed by atoms with E-state index in [2.05, 4.69) is 6.58 Å². The lowest BCUT2D eigenvalue weighted by Crippen LogP contribution is -2.35. The Morgan fingerprint density at radius 1 is 1.27 bits per heavy atom. The Kier molecular flexibility index (Phi) is 6.95. The average molecular weight is 358 g/mol. The van der Waals surface area contributed by atoms with Crippen LogP contribution in [-0.2, 0) is 20.9 Å². The SMILES string of the molecule is C=C(C)CN(CC)C(=O)COC(=O)c1ccc(CN2CCCC2=O)cc1. The predicted molar refractivity (Wildman–Crippen MR) is 98.4 cm³/mol. The van der Waals surface area contributed by atoms with Crippen molar-refractivity contribution in [2.24, 2.45) is 0 Å². The van der Waals surface area contributed by atoms with E-state index in [1.165, 1.54) is 0 Å². The highest BCUT2D eigenvalue weighted by atomic mass is 16.5. The van der Waals surface area contributed by atoms with Gasteiger partial charge < -0.3 is 14.5 Å². The number of amides is 2. The second kappa shape index (κ2) is 9.17. The van der Waals surface area contributed by atoms with E-state index in [-0.39, 0.29) is 18.4 Å². The van der Waals surface area contributed by atoms with Crippen molar-refractivity contribution in [1.82, 2.24) is 9.80 Å². The van der Waals surface area contributed by atoms with Crippen LogP contribution in [0.5, 0.6) is 0 Å². The minimum absolute atomic E-state index is 0.169. The molecule has 0 unspecified atom stereocenters. The number of hydrogen-bond donors (Lipinski definition) is 0. The minimum atomic E-state index is -0.534. The number of ether oxygens (including phenoxy) is 1.